The molecule has 0 aliphatic carbocycles. The number of aliphatic hydroxyl groups is 2. The van der Waals surface area contributed by atoms with Crippen LogP contribution >= 0.6 is 11.3 Å². The molecule has 5 heteroatoms. The summed E-state index contributed by atoms with van der Waals surface area (Å²) >= 11 is 1.51. The van der Waals surface area contributed by atoms with E-state index in [2.05, 4.69) is 0 Å². The molecule has 2 N–H and O–H groups in total. The van der Waals surface area contributed by atoms with E-state index in [1.807, 2.05) is 50.4 Å². The van der Waals surface area contributed by atoms with Gasteiger partial charge in [0.1, 0.15) is 0 Å². The summed E-state index contributed by atoms with van der Waals surface area (Å²) in [5, 5.41) is 24.1. The largest absolute Gasteiger partial charge is 0.384 e. The van der Waals surface area contributed by atoms with Crippen LogP contribution in [0, 0.1) is 0 Å². The van der Waals surface area contributed by atoms with Crippen LogP contribution in [0.4, 0.5) is 0 Å². The quantitative estimate of drug-likeness (QED) is 0.820. The molecule has 0 saturated heterocycles. The van der Waals surface area contributed by atoms with Gasteiger partial charge in [-0.2, -0.15) is 0 Å². The Balaban J connectivity index is 2.00. The number of carbonyl (C=O) groups is 1. The summed E-state index contributed by atoms with van der Waals surface area (Å²) in [6.07, 6.45) is 1.65. The van der Waals surface area contributed by atoms with E-state index in [4.69, 9.17) is 0 Å². The second kappa shape index (κ2) is 6.56. The number of hydrogen-bond donors (Lipinski definition) is 2. The molecule has 0 spiro atoms. The van der Waals surface area contributed by atoms with Crippen LogP contribution in [0.5, 0.6) is 0 Å². The van der Waals surface area contributed by atoms with Gasteiger partial charge in [0.15, 0.2) is 5.72 Å². The minimum Gasteiger partial charge on any atom is -0.384 e. The summed E-state index contributed by atoms with van der Waals surface area (Å²) in [6.45, 7) is 6.10. The van der Waals surface area contributed by atoms with Crippen LogP contribution in [0.1, 0.15) is 66.4 Å². The van der Waals surface area contributed by atoms with E-state index >= 15 is 0 Å². The normalized spacial score (nSPS) is 20.2. The van der Waals surface area contributed by atoms with E-state index in [9.17, 15) is 15.0 Å². The van der Waals surface area contributed by atoms with Crippen LogP contribution in [-0.4, -0.2) is 21.0 Å². The molecule has 1 aliphatic rings. The maximum atomic E-state index is 12.9. The van der Waals surface area contributed by atoms with E-state index in [0.717, 1.165) is 10.4 Å². The topological polar surface area (TPSA) is 60.8 Å². The van der Waals surface area contributed by atoms with Crippen LogP contribution in [0.15, 0.2) is 35.7 Å². The fraction of sp³-hybridized carbons (Fsp3) is 0.450. The van der Waals surface area contributed by atoms with Crippen LogP contribution < -0.4 is 0 Å². The number of benzene rings is 1. The first-order valence-corrected chi connectivity index (χ1v) is 9.72. The van der Waals surface area contributed by atoms with Crippen molar-refractivity contribution in [1.82, 2.24) is 4.90 Å². The molecule has 1 unspecified atom stereocenters. The van der Waals surface area contributed by atoms with E-state index < -0.39 is 11.3 Å². The lowest BCUT2D eigenvalue weighted by Gasteiger charge is -2.34. The number of carbonyl (C=O) groups excluding carboxylic acids is 1. The van der Waals surface area contributed by atoms with Gasteiger partial charge in [0, 0.05) is 16.0 Å². The molecule has 1 amide bonds. The summed E-state index contributed by atoms with van der Waals surface area (Å²) in [7, 11) is 0. The predicted octanol–water partition coefficient (Wildman–Crippen LogP) is 3.97. The Kier molecular flexibility index (Phi) is 4.75. The summed E-state index contributed by atoms with van der Waals surface area (Å²) in [5.41, 5.74) is -0.0537. The lowest BCUT2D eigenvalue weighted by atomic mass is 9.92. The standard InChI is InChI=1S/C20H25NO3S/c1-4-19(23,5-2)17-14(11-12-25-17)13-21-18(22)15-9-7-8-10-16(15)20(21,24)6-3/h7-12,23-24H,4-6,13H2,1-3H3. The summed E-state index contributed by atoms with van der Waals surface area (Å²) in [5.74, 6) is -0.159. The van der Waals surface area contributed by atoms with Crippen molar-refractivity contribution in [2.45, 2.75) is 57.9 Å². The Bertz CT molecular complexity index is 781. The van der Waals surface area contributed by atoms with E-state index in [-0.39, 0.29) is 5.91 Å². The number of nitrogens with zero attached hydrogens (tertiary/aromatic N) is 1. The molecular formula is C20H25NO3S. The van der Waals surface area contributed by atoms with Crippen molar-refractivity contribution in [2.24, 2.45) is 0 Å². The summed E-state index contributed by atoms with van der Waals surface area (Å²) < 4.78 is 0. The van der Waals surface area contributed by atoms with Gasteiger partial charge >= 0.3 is 0 Å². The number of rotatable bonds is 6. The molecule has 25 heavy (non-hydrogen) atoms. The van der Waals surface area contributed by atoms with Gasteiger partial charge in [-0.1, -0.05) is 39.0 Å². The molecule has 0 saturated carbocycles. The molecular weight excluding hydrogens is 334 g/mol. The molecule has 0 radical (unpaired) electrons. The fourth-order valence-electron chi connectivity index (χ4n) is 3.67. The highest BCUT2D eigenvalue weighted by Gasteiger charge is 2.47. The molecule has 1 atom stereocenters. The Morgan fingerprint density at radius 2 is 1.84 bits per heavy atom. The monoisotopic (exact) mass is 359 g/mol. The Labute approximate surface area is 152 Å². The molecule has 2 aromatic rings. The zero-order valence-electron chi connectivity index (χ0n) is 15.0. The molecule has 4 nitrogen and oxygen atoms in total. The second-order valence-electron chi connectivity index (χ2n) is 6.62. The number of thiophene rings is 1. The average Bonchev–Trinajstić information content (AvgIpc) is 3.20. The zero-order valence-corrected chi connectivity index (χ0v) is 15.8. The molecule has 0 fully saturated rings. The first-order chi connectivity index (χ1) is 11.9. The SMILES string of the molecule is CCC(O)(CC)c1sccc1CN1C(=O)c2ccccc2C1(O)CC. The van der Waals surface area contributed by atoms with Gasteiger partial charge in [-0.05, 0) is 42.3 Å². The van der Waals surface area contributed by atoms with Crippen molar-refractivity contribution in [1.29, 1.82) is 0 Å². The lowest BCUT2D eigenvalue weighted by molar-refractivity contribution is -0.0914. The van der Waals surface area contributed by atoms with Gasteiger partial charge in [-0.25, -0.2) is 0 Å². The van der Waals surface area contributed by atoms with Gasteiger partial charge in [0.05, 0.1) is 12.1 Å². The molecule has 1 aromatic carbocycles. The van der Waals surface area contributed by atoms with Crippen LogP contribution in [0.25, 0.3) is 0 Å². The van der Waals surface area contributed by atoms with Gasteiger partial charge in [0.2, 0.25) is 0 Å². The maximum Gasteiger partial charge on any atom is 0.257 e. The third-order valence-corrected chi connectivity index (χ3v) is 6.59. The highest BCUT2D eigenvalue weighted by molar-refractivity contribution is 7.10. The van der Waals surface area contributed by atoms with Crippen molar-refractivity contribution in [3.63, 3.8) is 0 Å². The predicted molar refractivity (Wildman–Crippen MR) is 99.3 cm³/mol. The van der Waals surface area contributed by atoms with Crippen molar-refractivity contribution in [3.05, 3.63) is 57.3 Å². The van der Waals surface area contributed by atoms with Crippen molar-refractivity contribution < 1.29 is 15.0 Å². The third kappa shape index (κ3) is 2.71. The second-order valence-corrected chi connectivity index (χ2v) is 7.54. The molecule has 0 bridgehead atoms. The fourth-order valence-corrected chi connectivity index (χ4v) is 4.83. The number of hydrogen-bond acceptors (Lipinski definition) is 4. The van der Waals surface area contributed by atoms with Crippen LogP contribution in [0.2, 0.25) is 0 Å². The number of fused-ring (bicyclic) bond motifs is 1. The van der Waals surface area contributed by atoms with E-state index in [1.54, 1.807) is 6.07 Å². The van der Waals surface area contributed by atoms with E-state index in [0.29, 0.717) is 36.9 Å². The van der Waals surface area contributed by atoms with Crippen molar-refractivity contribution >= 4 is 17.2 Å². The Hall–Kier alpha value is -1.69. The average molecular weight is 359 g/mol. The lowest BCUT2D eigenvalue weighted by Crippen LogP contribution is -2.43. The first-order valence-electron chi connectivity index (χ1n) is 8.84. The minimum absolute atomic E-state index is 0.159. The zero-order chi connectivity index (χ0) is 18.2. The Morgan fingerprint density at radius 1 is 1.16 bits per heavy atom. The van der Waals surface area contributed by atoms with Crippen molar-refractivity contribution in [2.75, 3.05) is 0 Å². The molecule has 2 heterocycles. The summed E-state index contributed by atoms with van der Waals surface area (Å²) in [6, 6.07) is 9.20. The molecule has 3 rings (SSSR count). The summed E-state index contributed by atoms with van der Waals surface area (Å²) in [4.78, 5) is 15.3. The van der Waals surface area contributed by atoms with Crippen LogP contribution in [0.3, 0.4) is 0 Å². The van der Waals surface area contributed by atoms with E-state index in [1.165, 1.54) is 16.2 Å². The van der Waals surface area contributed by atoms with Gasteiger partial charge in [-0.3, -0.25) is 4.79 Å². The third-order valence-electron chi connectivity index (χ3n) is 5.44. The van der Waals surface area contributed by atoms with Gasteiger partial charge in [-0.15, -0.1) is 11.3 Å². The Morgan fingerprint density at radius 3 is 2.48 bits per heavy atom. The van der Waals surface area contributed by atoms with Gasteiger partial charge < -0.3 is 15.1 Å². The maximum absolute atomic E-state index is 12.9. The molecule has 1 aliphatic heterocycles. The molecule has 134 valence electrons. The minimum atomic E-state index is -1.30. The smallest absolute Gasteiger partial charge is 0.257 e. The van der Waals surface area contributed by atoms with Gasteiger partial charge in [0.25, 0.3) is 5.91 Å². The van der Waals surface area contributed by atoms with Crippen molar-refractivity contribution in [3.8, 4) is 0 Å². The highest BCUT2D eigenvalue weighted by Crippen LogP contribution is 2.42. The highest BCUT2D eigenvalue weighted by atomic mass is 32.1. The van der Waals surface area contributed by atoms with Crippen LogP contribution in [-0.2, 0) is 17.9 Å². The molecule has 1 aromatic heterocycles. The first kappa shape index (κ1) is 18.1. The number of amides is 1.